The maximum Gasteiger partial charge on any atom is 0.394 e. The quantitative estimate of drug-likeness (QED) is 0.200. The average molecular weight is 417 g/mol. The van der Waals surface area contributed by atoms with E-state index in [9.17, 15) is 19.2 Å². The van der Waals surface area contributed by atoms with E-state index in [0.29, 0.717) is 0 Å². The summed E-state index contributed by atoms with van der Waals surface area (Å²) in [6.07, 6.45) is -0.00905. The van der Waals surface area contributed by atoms with Crippen molar-refractivity contribution in [1.29, 1.82) is 5.26 Å². The summed E-state index contributed by atoms with van der Waals surface area (Å²) in [5.74, 6) is -4.13. The van der Waals surface area contributed by atoms with Gasteiger partial charge in [-0.3, -0.25) is 14.4 Å². The lowest BCUT2D eigenvalue weighted by Gasteiger charge is -2.20. The van der Waals surface area contributed by atoms with Crippen LogP contribution in [0.1, 0.15) is 5.56 Å². The number of aliphatic hydroxyl groups excluding tert-OH is 3. The van der Waals surface area contributed by atoms with Crippen molar-refractivity contribution in [3.8, 4) is 6.07 Å². The number of aliphatic hydroxyl groups is 3. The van der Waals surface area contributed by atoms with Crippen molar-refractivity contribution in [2.24, 2.45) is 5.73 Å². The van der Waals surface area contributed by atoms with Crippen LogP contribution in [0, 0.1) is 11.3 Å². The van der Waals surface area contributed by atoms with Crippen molar-refractivity contribution in [1.82, 2.24) is 0 Å². The molecule has 152 valence electrons. The minimum atomic E-state index is -1.75. The lowest BCUT2D eigenvalue weighted by molar-refractivity contribution is -0.147. The van der Waals surface area contributed by atoms with Crippen LogP contribution >= 0.6 is 11.6 Å². The van der Waals surface area contributed by atoms with Crippen LogP contribution in [0.3, 0.4) is 0 Å². The molecule has 2 amide bonds. The fraction of sp³-hybridized carbons (Fsp3) is 0.267. The Balaban J connectivity index is 0.000000769. The highest BCUT2D eigenvalue weighted by Crippen LogP contribution is 2.31. The van der Waals surface area contributed by atoms with Gasteiger partial charge in [0.2, 0.25) is 6.29 Å². The largest absolute Gasteiger partial charge is 0.474 e. The molecule has 12 nitrogen and oxygen atoms in total. The number of hydrogen-bond acceptors (Lipinski definition) is 9. The van der Waals surface area contributed by atoms with Gasteiger partial charge in [0.1, 0.15) is 0 Å². The fourth-order valence-electron chi connectivity index (χ4n) is 1.36. The molecule has 0 heterocycles. The number of rotatable bonds is 6. The maximum absolute atomic E-state index is 11.1. The second kappa shape index (κ2) is 11.6. The number of anilines is 2. The first kappa shape index (κ1) is 24.9. The number of nitrogens with two attached hydrogens (primary N) is 1. The summed E-state index contributed by atoms with van der Waals surface area (Å²) in [6.45, 7) is -1.21. The van der Waals surface area contributed by atoms with E-state index in [0.717, 1.165) is 6.07 Å². The first-order valence-corrected chi connectivity index (χ1v) is 7.60. The van der Waals surface area contributed by atoms with Crippen molar-refractivity contribution in [3.63, 3.8) is 0 Å². The van der Waals surface area contributed by atoms with E-state index in [-0.39, 0.29) is 28.2 Å². The lowest BCUT2D eigenvalue weighted by atomic mass is 10.1. The number of carbonyl (C=O) groups excluding carboxylic acids is 3. The number of aliphatic carboxylic acids is 1. The predicted molar refractivity (Wildman–Crippen MR) is 95.3 cm³/mol. The van der Waals surface area contributed by atoms with Gasteiger partial charge in [0.25, 0.3) is 5.91 Å². The van der Waals surface area contributed by atoms with Gasteiger partial charge in [-0.05, 0) is 12.1 Å². The summed E-state index contributed by atoms with van der Waals surface area (Å²) in [6, 6.07) is 4.02. The number of carbonyl (C=O) groups is 4. The number of carboxylic acids is 1. The summed E-state index contributed by atoms with van der Waals surface area (Å²) >= 11 is 5.84. The van der Waals surface area contributed by atoms with E-state index in [1.165, 1.54) is 6.07 Å². The third-order valence-electron chi connectivity index (χ3n) is 2.95. The average Bonchev–Trinajstić information content (AvgIpc) is 2.70. The van der Waals surface area contributed by atoms with E-state index in [1.54, 1.807) is 6.07 Å². The van der Waals surface area contributed by atoms with Crippen LogP contribution in [0.15, 0.2) is 12.1 Å². The van der Waals surface area contributed by atoms with Gasteiger partial charge in [0, 0.05) is 0 Å². The van der Waals surface area contributed by atoms with Crippen molar-refractivity contribution in [2.75, 3.05) is 30.5 Å². The summed E-state index contributed by atoms with van der Waals surface area (Å²) in [5, 5.41) is 46.1. The minimum Gasteiger partial charge on any atom is -0.474 e. The molecule has 0 saturated carbocycles. The number of hydrogen-bond donors (Lipinski definition) is 7. The third kappa shape index (κ3) is 7.66. The van der Waals surface area contributed by atoms with Crippen LogP contribution < -0.4 is 16.4 Å². The molecule has 0 unspecified atom stereocenters. The summed E-state index contributed by atoms with van der Waals surface area (Å²) < 4.78 is 0. The van der Waals surface area contributed by atoms with Gasteiger partial charge < -0.3 is 36.8 Å². The Morgan fingerprint density at radius 2 is 1.61 bits per heavy atom. The zero-order valence-corrected chi connectivity index (χ0v) is 14.9. The van der Waals surface area contributed by atoms with Crippen LogP contribution in [-0.2, 0) is 19.2 Å². The Labute approximate surface area is 163 Å². The summed E-state index contributed by atoms with van der Waals surface area (Å²) in [4.78, 5) is 42.7. The van der Waals surface area contributed by atoms with Gasteiger partial charge in [0.15, 0.2) is 0 Å². The van der Waals surface area contributed by atoms with Crippen molar-refractivity contribution >= 4 is 47.0 Å². The van der Waals surface area contributed by atoms with Gasteiger partial charge in [0.05, 0.1) is 53.4 Å². The summed E-state index contributed by atoms with van der Waals surface area (Å²) in [7, 11) is 0. The molecule has 0 aliphatic rings. The number of amides is 2. The second-order valence-corrected chi connectivity index (χ2v) is 5.58. The standard InChI is InChI=1S/C11H6ClN3O5.C4H11NO3/c12-9-6(14-8(17)4-16)1-5(3-13)2-7(9)15-10(18)11(19)20;5-4(1-6,2-7)3-8/h1-2,4H,(H,14,17)(H,15,18)(H,19,20);6-8H,1-3,5H2. The lowest BCUT2D eigenvalue weighted by Crippen LogP contribution is -2.50. The second-order valence-electron chi connectivity index (χ2n) is 5.20. The third-order valence-corrected chi connectivity index (χ3v) is 3.36. The molecular formula is C15H17ClN4O8. The molecule has 0 fully saturated rings. The smallest absolute Gasteiger partial charge is 0.394 e. The molecule has 1 aromatic carbocycles. The first-order chi connectivity index (χ1) is 13.1. The summed E-state index contributed by atoms with van der Waals surface area (Å²) in [5.41, 5.74) is 3.65. The number of benzene rings is 1. The van der Waals surface area contributed by atoms with E-state index in [1.807, 2.05) is 5.32 Å². The molecule has 1 rings (SSSR count). The molecule has 0 bridgehead atoms. The fourth-order valence-corrected chi connectivity index (χ4v) is 1.56. The maximum atomic E-state index is 11.1. The monoisotopic (exact) mass is 416 g/mol. The van der Waals surface area contributed by atoms with Crippen LogP contribution in [0.5, 0.6) is 0 Å². The minimum absolute atomic E-state index is 0.00344. The molecule has 0 aliphatic carbocycles. The van der Waals surface area contributed by atoms with Gasteiger partial charge in [-0.25, -0.2) is 4.79 Å². The number of nitrogens with one attached hydrogen (secondary N) is 2. The molecule has 1 aromatic rings. The Bertz CT molecular complexity index is 781. The Morgan fingerprint density at radius 1 is 1.14 bits per heavy atom. The molecule has 28 heavy (non-hydrogen) atoms. The van der Waals surface area contributed by atoms with Crippen molar-refractivity contribution in [2.45, 2.75) is 5.54 Å². The first-order valence-electron chi connectivity index (χ1n) is 7.23. The van der Waals surface area contributed by atoms with Crippen LogP contribution in [0.4, 0.5) is 11.4 Å². The van der Waals surface area contributed by atoms with Crippen LogP contribution in [-0.4, -0.2) is 69.9 Å². The molecule has 13 heteroatoms. The molecule has 0 saturated heterocycles. The van der Waals surface area contributed by atoms with Gasteiger partial charge in [-0.2, -0.15) is 5.26 Å². The molecule has 0 spiro atoms. The highest BCUT2D eigenvalue weighted by molar-refractivity contribution is 6.41. The zero-order valence-electron chi connectivity index (χ0n) is 14.2. The Morgan fingerprint density at radius 3 is 1.93 bits per heavy atom. The number of aldehydes is 1. The molecule has 0 aliphatic heterocycles. The molecular weight excluding hydrogens is 400 g/mol. The molecule has 0 atom stereocenters. The number of halogens is 1. The normalized spacial score (nSPS) is 10.0. The van der Waals surface area contributed by atoms with Crippen LogP contribution in [0.2, 0.25) is 5.02 Å². The van der Waals surface area contributed by atoms with E-state index < -0.39 is 43.1 Å². The SMILES string of the molecule is N#Cc1cc(NC(=O)C=O)c(Cl)c(NC(=O)C(=O)O)c1.NC(CO)(CO)CO. The van der Waals surface area contributed by atoms with Gasteiger partial charge in [-0.1, -0.05) is 11.6 Å². The zero-order chi connectivity index (χ0) is 21.9. The van der Waals surface area contributed by atoms with Gasteiger partial charge >= 0.3 is 11.9 Å². The van der Waals surface area contributed by atoms with Crippen LogP contribution in [0.25, 0.3) is 0 Å². The topological polar surface area (TPSA) is 223 Å². The van der Waals surface area contributed by atoms with E-state index in [4.69, 9.17) is 43.0 Å². The highest BCUT2D eigenvalue weighted by atomic mass is 35.5. The van der Waals surface area contributed by atoms with Crippen molar-refractivity contribution < 1.29 is 39.6 Å². The molecule has 0 aromatic heterocycles. The van der Waals surface area contributed by atoms with E-state index >= 15 is 0 Å². The van der Waals surface area contributed by atoms with Crippen molar-refractivity contribution in [3.05, 3.63) is 22.7 Å². The van der Waals surface area contributed by atoms with Gasteiger partial charge in [-0.15, -0.1) is 0 Å². The predicted octanol–water partition coefficient (Wildman–Crippen LogP) is -1.97. The molecule has 0 radical (unpaired) electrons. The number of nitriles is 1. The Kier molecular flexibility index (Phi) is 10.3. The molecule has 8 N–H and O–H groups in total. The van der Waals surface area contributed by atoms with E-state index in [2.05, 4.69) is 5.32 Å². The Hall–Kier alpha value is -3.08. The number of carboxylic acid groups (broad SMARTS) is 1. The number of nitrogens with zero attached hydrogens (tertiary/aromatic N) is 1. The highest BCUT2D eigenvalue weighted by Gasteiger charge is 2.20.